The molecule has 0 saturated carbocycles. The number of carbonyl (C=O) groups excluding carboxylic acids is 2. The average molecular weight is 477 g/mol. The highest BCUT2D eigenvalue weighted by Crippen LogP contribution is 2.26. The first-order chi connectivity index (χ1) is 16.8. The van der Waals surface area contributed by atoms with E-state index in [1.54, 1.807) is 30.3 Å². The lowest BCUT2D eigenvalue weighted by atomic mass is 10.0. The molecule has 0 aliphatic carbocycles. The molecule has 0 aliphatic rings. The lowest BCUT2D eigenvalue weighted by Gasteiger charge is -2.30. The van der Waals surface area contributed by atoms with Gasteiger partial charge < -0.3 is 25.2 Å². The summed E-state index contributed by atoms with van der Waals surface area (Å²) in [6.45, 7) is 0.0000553. The molecule has 0 bridgehead atoms. The molecule has 35 heavy (non-hydrogen) atoms. The molecule has 3 N–H and O–H groups in total. The van der Waals surface area contributed by atoms with Crippen LogP contribution in [0.3, 0.4) is 0 Å². The third-order valence-electron chi connectivity index (χ3n) is 5.60. The predicted molar refractivity (Wildman–Crippen MR) is 131 cm³/mol. The van der Waals surface area contributed by atoms with E-state index < -0.39 is 23.8 Å². The van der Waals surface area contributed by atoms with Crippen LogP contribution in [0.25, 0.3) is 11.1 Å². The SMILES string of the molecule is COc1cc(CN(C(=O)c2ccc(-c3ccccc3)cc2)[C@@H](CCC(=O)O)C(N)=O)cc(OC)c1. The first-order valence-electron chi connectivity index (χ1n) is 11.0. The lowest BCUT2D eigenvalue weighted by molar-refractivity contribution is -0.137. The van der Waals surface area contributed by atoms with Crippen molar-refractivity contribution in [1.29, 1.82) is 0 Å². The first-order valence-corrected chi connectivity index (χ1v) is 11.0. The van der Waals surface area contributed by atoms with E-state index in [1.165, 1.54) is 19.1 Å². The standard InChI is InChI=1S/C27H28N2O6/c1-34-22-14-18(15-23(16-22)35-2)17-29(24(26(28)32)12-13-25(30)31)27(33)21-10-8-20(9-11-21)19-6-4-3-5-7-19/h3-11,14-16,24H,12-13,17H2,1-2H3,(H2,28,32)(H,30,31)/t24-/m0/s1. The number of hydrogen-bond donors (Lipinski definition) is 2. The van der Waals surface area contributed by atoms with E-state index in [0.717, 1.165) is 11.1 Å². The fourth-order valence-corrected chi connectivity index (χ4v) is 3.79. The van der Waals surface area contributed by atoms with E-state index in [0.29, 0.717) is 22.6 Å². The van der Waals surface area contributed by atoms with Gasteiger partial charge in [-0.3, -0.25) is 14.4 Å². The summed E-state index contributed by atoms with van der Waals surface area (Å²) >= 11 is 0. The number of amides is 2. The summed E-state index contributed by atoms with van der Waals surface area (Å²) < 4.78 is 10.6. The molecule has 0 radical (unpaired) electrons. The van der Waals surface area contributed by atoms with Gasteiger partial charge in [-0.15, -0.1) is 0 Å². The number of methoxy groups -OCH3 is 2. The van der Waals surface area contributed by atoms with Crippen LogP contribution in [0.2, 0.25) is 0 Å². The first kappa shape index (κ1) is 25.3. The third-order valence-corrected chi connectivity index (χ3v) is 5.60. The molecule has 3 aromatic rings. The second kappa shape index (κ2) is 11.7. The molecule has 1 atom stereocenters. The van der Waals surface area contributed by atoms with Gasteiger partial charge in [-0.1, -0.05) is 42.5 Å². The molecule has 0 aromatic heterocycles. The molecule has 8 nitrogen and oxygen atoms in total. The lowest BCUT2D eigenvalue weighted by Crippen LogP contribution is -2.47. The van der Waals surface area contributed by atoms with Crippen molar-refractivity contribution < 1.29 is 29.0 Å². The van der Waals surface area contributed by atoms with Crippen LogP contribution in [-0.4, -0.2) is 48.1 Å². The molecule has 8 heteroatoms. The maximum atomic E-state index is 13.6. The van der Waals surface area contributed by atoms with E-state index in [2.05, 4.69) is 0 Å². The Balaban J connectivity index is 1.97. The highest BCUT2D eigenvalue weighted by Gasteiger charge is 2.30. The number of carboxylic acid groups (broad SMARTS) is 1. The number of carbonyl (C=O) groups is 3. The Kier molecular flexibility index (Phi) is 8.45. The Bertz CT molecular complexity index is 1160. The van der Waals surface area contributed by atoms with Crippen LogP contribution in [0, 0.1) is 0 Å². The number of ether oxygens (including phenoxy) is 2. The Hall–Kier alpha value is -4.33. The molecule has 182 valence electrons. The fraction of sp³-hybridized carbons (Fsp3) is 0.222. The Labute approximate surface area is 203 Å². The zero-order valence-corrected chi connectivity index (χ0v) is 19.6. The van der Waals surface area contributed by atoms with Gasteiger partial charge in [0, 0.05) is 24.6 Å². The van der Waals surface area contributed by atoms with E-state index in [4.69, 9.17) is 20.3 Å². The maximum absolute atomic E-state index is 13.6. The number of nitrogens with zero attached hydrogens (tertiary/aromatic N) is 1. The monoisotopic (exact) mass is 476 g/mol. The van der Waals surface area contributed by atoms with Crippen molar-refractivity contribution in [3.8, 4) is 22.6 Å². The Morgan fingerprint density at radius 2 is 1.46 bits per heavy atom. The van der Waals surface area contributed by atoms with E-state index in [9.17, 15) is 14.4 Å². The zero-order chi connectivity index (χ0) is 25.4. The van der Waals surface area contributed by atoms with Gasteiger partial charge in [-0.25, -0.2) is 0 Å². The van der Waals surface area contributed by atoms with Crippen LogP contribution in [0.1, 0.15) is 28.8 Å². The second-order valence-electron chi connectivity index (χ2n) is 7.95. The smallest absolute Gasteiger partial charge is 0.303 e. The fourth-order valence-electron chi connectivity index (χ4n) is 3.79. The van der Waals surface area contributed by atoms with Gasteiger partial charge in [0.1, 0.15) is 17.5 Å². The van der Waals surface area contributed by atoms with Gasteiger partial charge in [0.15, 0.2) is 0 Å². The summed E-state index contributed by atoms with van der Waals surface area (Å²) in [5.74, 6) is -1.28. The quantitative estimate of drug-likeness (QED) is 0.435. The Morgan fingerprint density at radius 1 is 0.886 bits per heavy atom. The molecule has 0 fully saturated rings. The van der Waals surface area contributed by atoms with Gasteiger partial charge in [0.25, 0.3) is 5.91 Å². The van der Waals surface area contributed by atoms with Crippen molar-refractivity contribution in [2.75, 3.05) is 14.2 Å². The van der Waals surface area contributed by atoms with Gasteiger partial charge in [0.2, 0.25) is 5.91 Å². The van der Waals surface area contributed by atoms with E-state index >= 15 is 0 Å². The van der Waals surface area contributed by atoms with Crippen LogP contribution in [0.15, 0.2) is 72.8 Å². The molecule has 3 rings (SSSR count). The summed E-state index contributed by atoms with van der Waals surface area (Å²) in [5.41, 5.74) is 8.55. The van der Waals surface area contributed by atoms with E-state index in [-0.39, 0.29) is 19.4 Å². The summed E-state index contributed by atoms with van der Waals surface area (Å²) in [4.78, 5) is 38.5. The third kappa shape index (κ3) is 6.60. The normalized spacial score (nSPS) is 11.4. The highest BCUT2D eigenvalue weighted by atomic mass is 16.5. The number of benzene rings is 3. The van der Waals surface area contributed by atoms with Gasteiger partial charge in [-0.05, 0) is 47.4 Å². The number of carboxylic acids is 1. The molecule has 0 aliphatic heterocycles. The minimum absolute atomic E-state index is 0.0000553. The minimum Gasteiger partial charge on any atom is -0.497 e. The number of nitrogens with two attached hydrogens (primary N) is 1. The summed E-state index contributed by atoms with van der Waals surface area (Å²) in [5, 5.41) is 9.16. The van der Waals surface area contributed by atoms with Gasteiger partial charge >= 0.3 is 5.97 Å². The highest BCUT2D eigenvalue weighted by molar-refractivity contribution is 5.97. The van der Waals surface area contributed by atoms with Crippen LogP contribution in [-0.2, 0) is 16.1 Å². The van der Waals surface area contributed by atoms with Crippen molar-refractivity contribution in [2.45, 2.75) is 25.4 Å². The molecule has 0 saturated heterocycles. The van der Waals surface area contributed by atoms with Crippen molar-refractivity contribution >= 4 is 17.8 Å². The van der Waals surface area contributed by atoms with Crippen molar-refractivity contribution in [2.24, 2.45) is 5.73 Å². The number of aliphatic carboxylic acids is 1. The number of rotatable bonds is 11. The number of primary amides is 1. The molecule has 3 aromatic carbocycles. The number of hydrogen-bond acceptors (Lipinski definition) is 5. The summed E-state index contributed by atoms with van der Waals surface area (Å²) in [7, 11) is 3.02. The molecular weight excluding hydrogens is 448 g/mol. The Morgan fingerprint density at radius 3 is 1.97 bits per heavy atom. The van der Waals surface area contributed by atoms with Crippen LogP contribution in [0.4, 0.5) is 0 Å². The van der Waals surface area contributed by atoms with Gasteiger partial charge in [-0.2, -0.15) is 0 Å². The molecule has 0 heterocycles. The zero-order valence-electron chi connectivity index (χ0n) is 19.6. The van der Waals surface area contributed by atoms with Crippen molar-refractivity contribution in [3.05, 3.63) is 83.9 Å². The average Bonchev–Trinajstić information content (AvgIpc) is 2.87. The topological polar surface area (TPSA) is 119 Å². The maximum Gasteiger partial charge on any atom is 0.303 e. The van der Waals surface area contributed by atoms with Gasteiger partial charge in [0.05, 0.1) is 14.2 Å². The molecule has 0 spiro atoms. The van der Waals surface area contributed by atoms with Crippen molar-refractivity contribution in [1.82, 2.24) is 4.90 Å². The molecular formula is C27H28N2O6. The second-order valence-corrected chi connectivity index (χ2v) is 7.95. The minimum atomic E-state index is -1.12. The predicted octanol–water partition coefficient (Wildman–Crippen LogP) is 3.73. The molecule has 2 amide bonds. The van der Waals surface area contributed by atoms with Crippen LogP contribution < -0.4 is 15.2 Å². The summed E-state index contributed by atoms with van der Waals surface area (Å²) in [6.07, 6.45) is -0.425. The van der Waals surface area contributed by atoms with Crippen LogP contribution >= 0.6 is 0 Å². The largest absolute Gasteiger partial charge is 0.497 e. The van der Waals surface area contributed by atoms with Crippen LogP contribution in [0.5, 0.6) is 11.5 Å². The molecule has 0 unspecified atom stereocenters. The van der Waals surface area contributed by atoms with Crippen molar-refractivity contribution in [3.63, 3.8) is 0 Å². The van der Waals surface area contributed by atoms with E-state index in [1.807, 2.05) is 42.5 Å². The summed E-state index contributed by atoms with van der Waals surface area (Å²) in [6, 6.07) is 20.7.